The van der Waals surface area contributed by atoms with Gasteiger partial charge in [-0.05, 0) is 6.92 Å². The number of nitrogens with zero attached hydrogens (tertiary/aromatic N) is 4. The Morgan fingerprint density at radius 1 is 1.30 bits per heavy atom. The minimum atomic E-state index is -1.13. The van der Waals surface area contributed by atoms with Gasteiger partial charge in [-0.2, -0.15) is 10.1 Å². The lowest BCUT2D eigenvalue weighted by Crippen LogP contribution is -2.35. The van der Waals surface area contributed by atoms with Crippen LogP contribution in [0, 0.1) is 6.92 Å². The van der Waals surface area contributed by atoms with Gasteiger partial charge in [-0.1, -0.05) is 35.0 Å². The molecule has 0 spiro atoms. The number of aryl methyl sites for hydroxylation is 1. The average molecular weight is 314 g/mol. The van der Waals surface area contributed by atoms with Gasteiger partial charge in [0.05, 0.1) is 0 Å². The lowest BCUT2D eigenvalue weighted by atomic mass is 10.1. The fourth-order valence-electron chi connectivity index (χ4n) is 2.17. The lowest BCUT2D eigenvalue weighted by molar-refractivity contribution is -0.144. The molecule has 23 heavy (non-hydrogen) atoms. The molecule has 1 aromatic carbocycles. The van der Waals surface area contributed by atoms with Gasteiger partial charge in [0, 0.05) is 18.4 Å². The van der Waals surface area contributed by atoms with Gasteiger partial charge < -0.3 is 9.63 Å². The summed E-state index contributed by atoms with van der Waals surface area (Å²) in [5.41, 5.74) is 2.34. The maximum Gasteiger partial charge on any atom is 0.325 e. The van der Waals surface area contributed by atoms with E-state index < -0.39 is 12.5 Å². The number of amides is 1. The smallest absolute Gasteiger partial charge is 0.325 e. The first kappa shape index (κ1) is 14.9. The molecule has 0 bridgehead atoms. The van der Waals surface area contributed by atoms with Crippen LogP contribution in [0.25, 0.3) is 11.4 Å². The Balaban J connectivity index is 1.86. The van der Waals surface area contributed by atoms with Crippen molar-refractivity contribution in [2.75, 3.05) is 6.54 Å². The molecule has 118 valence electrons. The highest BCUT2D eigenvalue weighted by Crippen LogP contribution is 2.19. The van der Waals surface area contributed by atoms with E-state index in [-0.39, 0.29) is 18.2 Å². The van der Waals surface area contributed by atoms with Gasteiger partial charge in [0.1, 0.15) is 12.3 Å². The predicted molar refractivity (Wildman–Crippen MR) is 79.6 cm³/mol. The monoisotopic (exact) mass is 314 g/mol. The zero-order valence-electron chi connectivity index (χ0n) is 12.4. The summed E-state index contributed by atoms with van der Waals surface area (Å²) in [5, 5.41) is 17.6. The molecule has 2 aromatic rings. The number of aromatic nitrogens is 2. The molecular weight excluding hydrogens is 300 g/mol. The van der Waals surface area contributed by atoms with Crippen molar-refractivity contribution in [2.45, 2.75) is 19.8 Å². The third-order valence-corrected chi connectivity index (χ3v) is 3.37. The zero-order valence-corrected chi connectivity index (χ0v) is 12.4. The fraction of sp³-hybridized carbons (Fsp3) is 0.267. The van der Waals surface area contributed by atoms with Gasteiger partial charge >= 0.3 is 5.97 Å². The van der Waals surface area contributed by atoms with E-state index in [0.717, 1.165) is 16.1 Å². The third kappa shape index (κ3) is 3.25. The van der Waals surface area contributed by atoms with Crippen LogP contribution in [0.2, 0.25) is 0 Å². The zero-order chi connectivity index (χ0) is 16.4. The van der Waals surface area contributed by atoms with Gasteiger partial charge in [0.15, 0.2) is 0 Å². The molecule has 0 saturated heterocycles. The molecule has 0 fully saturated rings. The van der Waals surface area contributed by atoms with Crippen molar-refractivity contribution in [1.29, 1.82) is 0 Å². The molecule has 1 amide bonds. The average Bonchev–Trinajstić information content (AvgIpc) is 2.99. The maximum atomic E-state index is 11.7. The number of carbonyl (C=O) groups excluding carboxylic acids is 1. The normalized spacial score (nSPS) is 14.7. The second-order valence-electron chi connectivity index (χ2n) is 5.18. The van der Waals surface area contributed by atoms with E-state index in [4.69, 9.17) is 9.63 Å². The summed E-state index contributed by atoms with van der Waals surface area (Å²) < 4.78 is 5.20. The molecule has 0 radical (unpaired) electrons. The van der Waals surface area contributed by atoms with Crippen LogP contribution in [-0.2, 0) is 9.59 Å². The molecule has 0 unspecified atom stereocenters. The molecule has 1 aromatic heterocycles. The number of hydrogen-bond donors (Lipinski definition) is 1. The van der Waals surface area contributed by atoms with Crippen LogP contribution >= 0.6 is 0 Å². The number of hydrazone groups is 1. The molecule has 8 nitrogen and oxygen atoms in total. The number of rotatable bonds is 4. The molecule has 8 heteroatoms. The number of carboxylic acid groups (broad SMARTS) is 1. The molecule has 2 heterocycles. The van der Waals surface area contributed by atoms with Crippen molar-refractivity contribution in [3.63, 3.8) is 0 Å². The molecule has 1 aliphatic heterocycles. The fourth-order valence-corrected chi connectivity index (χ4v) is 2.17. The summed E-state index contributed by atoms with van der Waals surface area (Å²) in [6.45, 7) is 1.50. The van der Waals surface area contributed by atoms with Gasteiger partial charge in [0.25, 0.3) is 5.89 Å². The highest BCUT2D eigenvalue weighted by Gasteiger charge is 2.26. The summed E-state index contributed by atoms with van der Waals surface area (Å²) in [5.74, 6) is -0.850. The SMILES string of the molecule is Cc1ccc(-c2noc(C3=NN(CC(=O)O)C(=O)CC3)n2)cc1. The molecule has 0 saturated carbocycles. The molecule has 0 atom stereocenters. The van der Waals surface area contributed by atoms with Crippen molar-refractivity contribution in [1.82, 2.24) is 15.1 Å². The first-order valence-corrected chi connectivity index (χ1v) is 7.03. The van der Waals surface area contributed by atoms with Gasteiger partial charge in [0.2, 0.25) is 11.7 Å². The molecule has 3 rings (SSSR count). The second-order valence-corrected chi connectivity index (χ2v) is 5.18. The van der Waals surface area contributed by atoms with E-state index in [1.165, 1.54) is 0 Å². The number of benzene rings is 1. The van der Waals surface area contributed by atoms with Crippen LogP contribution in [0.5, 0.6) is 0 Å². The maximum absolute atomic E-state index is 11.7. The summed E-state index contributed by atoms with van der Waals surface area (Å²) in [7, 11) is 0. The lowest BCUT2D eigenvalue weighted by Gasteiger charge is -2.20. The minimum Gasteiger partial charge on any atom is -0.480 e. The molecular formula is C15H14N4O4. The molecule has 0 aliphatic carbocycles. The van der Waals surface area contributed by atoms with Crippen LogP contribution in [0.4, 0.5) is 0 Å². The molecule has 1 aliphatic rings. The summed E-state index contributed by atoms with van der Waals surface area (Å²) in [6, 6.07) is 7.65. The Hall–Kier alpha value is -3.03. The van der Waals surface area contributed by atoms with Gasteiger partial charge in [-0.15, -0.1) is 0 Å². The van der Waals surface area contributed by atoms with Gasteiger partial charge in [-0.25, -0.2) is 5.01 Å². The Morgan fingerprint density at radius 2 is 2.04 bits per heavy atom. The van der Waals surface area contributed by atoms with Crippen molar-refractivity contribution >= 4 is 17.6 Å². The second kappa shape index (κ2) is 5.99. The van der Waals surface area contributed by atoms with Crippen LogP contribution in [0.3, 0.4) is 0 Å². The van der Waals surface area contributed by atoms with E-state index >= 15 is 0 Å². The summed E-state index contributed by atoms with van der Waals surface area (Å²) >= 11 is 0. The topological polar surface area (TPSA) is 109 Å². The Bertz CT molecular complexity index is 779. The quantitative estimate of drug-likeness (QED) is 0.915. The summed E-state index contributed by atoms with van der Waals surface area (Å²) in [4.78, 5) is 26.7. The first-order valence-electron chi connectivity index (χ1n) is 7.03. The Kier molecular flexibility index (Phi) is 3.88. The highest BCUT2D eigenvalue weighted by molar-refractivity contribution is 6.01. The number of aliphatic carboxylic acids is 1. The van der Waals surface area contributed by atoms with E-state index in [1.807, 2.05) is 31.2 Å². The molecule has 1 N–H and O–H groups in total. The van der Waals surface area contributed by atoms with Crippen LogP contribution in [0.1, 0.15) is 24.3 Å². The largest absolute Gasteiger partial charge is 0.480 e. The van der Waals surface area contributed by atoms with Crippen molar-refractivity contribution in [3.8, 4) is 11.4 Å². The number of hydrogen-bond acceptors (Lipinski definition) is 6. The van der Waals surface area contributed by atoms with Crippen LogP contribution in [0.15, 0.2) is 33.9 Å². The van der Waals surface area contributed by atoms with E-state index in [0.29, 0.717) is 18.0 Å². The van der Waals surface area contributed by atoms with Crippen molar-refractivity contribution in [3.05, 3.63) is 35.7 Å². The minimum absolute atomic E-state index is 0.161. The van der Waals surface area contributed by atoms with E-state index in [2.05, 4.69) is 15.2 Å². The van der Waals surface area contributed by atoms with Crippen LogP contribution < -0.4 is 0 Å². The summed E-state index contributed by atoms with van der Waals surface area (Å²) in [6.07, 6.45) is 0.499. The van der Waals surface area contributed by atoms with E-state index in [9.17, 15) is 9.59 Å². The Labute approximate surface area is 131 Å². The van der Waals surface area contributed by atoms with Crippen molar-refractivity contribution < 1.29 is 19.2 Å². The first-order chi connectivity index (χ1) is 11.0. The highest BCUT2D eigenvalue weighted by atomic mass is 16.5. The van der Waals surface area contributed by atoms with Crippen LogP contribution in [-0.4, -0.2) is 44.4 Å². The van der Waals surface area contributed by atoms with E-state index in [1.54, 1.807) is 0 Å². The van der Waals surface area contributed by atoms with Crippen molar-refractivity contribution in [2.24, 2.45) is 5.10 Å². The third-order valence-electron chi connectivity index (χ3n) is 3.37. The predicted octanol–water partition coefficient (Wildman–Crippen LogP) is 1.46. The number of carboxylic acids is 1. The Morgan fingerprint density at radius 3 is 2.74 bits per heavy atom. The van der Waals surface area contributed by atoms with Gasteiger partial charge in [-0.3, -0.25) is 9.59 Å². The standard InChI is InChI=1S/C15H14N4O4/c1-9-2-4-10(5-3-9)14-16-15(23-18-14)11-6-7-12(20)19(17-11)8-13(21)22/h2-5H,6-8H2,1H3,(H,21,22). The number of carbonyl (C=O) groups is 2.